The maximum absolute atomic E-state index is 12.9. The predicted molar refractivity (Wildman–Crippen MR) is 465 cm³/mol. The van der Waals surface area contributed by atoms with Crippen molar-refractivity contribution in [1.29, 1.82) is 0 Å². The third kappa shape index (κ3) is 37.4. The van der Waals surface area contributed by atoms with Gasteiger partial charge >= 0.3 is 53.7 Å². The van der Waals surface area contributed by atoms with Crippen LogP contribution in [0.2, 0.25) is 0 Å². The van der Waals surface area contributed by atoms with E-state index in [0.717, 1.165) is 61.9 Å². The van der Waals surface area contributed by atoms with Gasteiger partial charge < -0.3 is 86.2 Å². The quantitative estimate of drug-likeness (QED) is 0.00759. The fraction of sp³-hybridized carbons (Fsp3) is 0.365. The highest BCUT2D eigenvalue weighted by atomic mass is 19.1. The van der Waals surface area contributed by atoms with E-state index >= 15 is 0 Å². The summed E-state index contributed by atoms with van der Waals surface area (Å²) in [5.41, 5.74) is 10.1. The van der Waals surface area contributed by atoms with Crippen molar-refractivity contribution in [2.45, 2.75) is 160 Å². The largest absolute Gasteiger partial charge is 0.481 e. The first-order valence-electron chi connectivity index (χ1n) is 40.7. The molecule has 0 spiro atoms. The van der Waals surface area contributed by atoms with Crippen LogP contribution in [0.5, 0.6) is 11.5 Å². The van der Waals surface area contributed by atoms with Crippen molar-refractivity contribution in [3.8, 4) is 34.8 Å². The molecule has 0 aliphatic heterocycles. The van der Waals surface area contributed by atoms with Crippen LogP contribution in [0.25, 0.3) is 22.6 Å². The Morgan fingerprint density at radius 1 is 0.512 bits per heavy atom. The van der Waals surface area contributed by atoms with Crippen molar-refractivity contribution in [1.82, 2.24) is 10.3 Å². The number of halogens is 1. The van der Waals surface area contributed by atoms with Crippen LogP contribution in [0, 0.1) is 41.3 Å². The minimum atomic E-state index is -1.58. The number of fused-ring (bicyclic) bond motifs is 1. The number of aliphatic hydroxyl groups is 4. The van der Waals surface area contributed by atoms with E-state index < -0.39 is 120 Å². The molecular formula is C96H114FN3O25. The molecule has 0 radical (unpaired) electrons. The standard InChI is InChI=1S/C20H27NO3.C16H12FNO3.C16H14O3.C15H14O3.C13H18O2.C12H18O8.C4H11NO3/c1-2-21-15-9-10-16-24-19(22)20(23,17-11-5-3-6-12-17)18-13-7-4-8-14-18;1-9(16(19)20)11-4-7-14-13(8-11)18-15(21-14)10-2-5-12(17)6-3-10;1-11(16(18)19)13-8-5-9-14(10-13)15(17)12-6-3-2-4-7-12;1-11(15(16)17)12-6-5-9-14(10-12)18-13-7-3-2-4-8-13;1-9(2)8-11-4-6-12(7-5-11)10(3)13(14)15;13-9(14)3-7(4-10(15)16)1-2-8(5-11(17)18)6-12(19)20;5-4(1-6,2-7)3-8/h3,5-6,11-12,18,21,23H,2,4,7-8,13-16H2,1H3;2-9H,1H3,(H,19,20);2-11H,1H3,(H,18,19);2-11H,1H3,(H,16,17);4-7,9-10H,8H2,1-3H3,(H,14,15);7-8H,1-6H2,(H,13,14)(H,15,16)(H,17,18)(H,19,20);6-8H,1-3,5H2/t20-;;11-;;;;/m1.0..../s1. The highest BCUT2D eigenvalue weighted by Crippen LogP contribution is 2.41. The summed E-state index contributed by atoms with van der Waals surface area (Å²) in [5.74, 6) is -4.41. The van der Waals surface area contributed by atoms with Crippen LogP contribution in [0.4, 0.5) is 4.39 Å². The summed E-state index contributed by atoms with van der Waals surface area (Å²) in [6, 6.07) is 60.2. The number of aliphatic hydroxyl groups excluding tert-OH is 3. The first-order valence-corrected chi connectivity index (χ1v) is 40.7. The number of esters is 1. The van der Waals surface area contributed by atoms with E-state index in [4.69, 9.17) is 75.8 Å². The first kappa shape index (κ1) is 105. The molecule has 29 heteroatoms. The fourth-order valence-corrected chi connectivity index (χ4v) is 12.5. The number of aromatic nitrogens is 1. The molecule has 0 bridgehead atoms. The smallest absolute Gasteiger partial charge is 0.344 e. The molecule has 28 nitrogen and oxygen atoms in total. The molecule has 1 heterocycles. The van der Waals surface area contributed by atoms with Gasteiger partial charge in [-0.3, -0.25) is 43.2 Å². The predicted octanol–water partition coefficient (Wildman–Crippen LogP) is 14.8. The van der Waals surface area contributed by atoms with Gasteiger partial charge in [-0.1, -0.05) is 191 Å². The van der Waals surface area contributed by atoms with E-state index in [2.05, 4.69) is 36.0 Å². The van der Waals surface area contributed by atoms with Gasteiger partial charge in [0.05, 0.1) is 55.6 Å². The molecular weight excluding hydrogens is 1610 g/mol. The molecule has 10 rings (SSSR count). The molecule has 9 aromatic rings. The van der Waals surface area contributed by atoms with Crippen molar-refractivity contribution in [2.24, 2.45) is 29.4 Å². The second kappa shape index (κ2) is 54.6. The van der Waals surface area contributed by atoms with Gasteiger partial charge in [0.1, 0.15) is 22.8 Å². The van der Waals surface area contributed by atoms with Gasteiger partial charge in [-0.05, 0) is 184 Å². The lowest BCUT2D eigenvalue weighted by molar-refractivity contribution is -0.174. The molecule has 1 aromatic heterocycles. The number of hydrogen-bond acceptors (Lipinski definition) is 20. The highest BCUT2D eigenvalue weighted by Gasteiger charge is 2.47. The van der Waals surface area contributed by atoms with E-state index in [9.17, 15) is 57.4 Å². The van der Waals surface area contributed by atoms with Crippen molar-refractivity contribution >= 4 is 70.6 Å². The Morgan fingerprint density at radius 2 is 0.952 bits per heavy atom. The molecule has 5 atom stereocenters. The van der Waals surface area contributed by atoms with Crippen molar-refractivity contribution in [3.05, 3.63) is 257 Å². The zero-order chi connectivity index (χ0) is 92.8. The number of carbonyl (C=O) groups excluding carboxylic acids is 2. The third-order valence-corrected chi connectivity index (χ3v) is 20.0. The van der Waals surface area contributed by atoms with Crippen LogP contribution >= 0.6 is 0 Å². The Bertz CT molecular complexity index is 4850. The highest BCUT2D eigenvalue weighted by molar-refractivity contribution is 6.09. The number of carboxylic acids is 8. The lowest BCUT2D eigenvalue weighted by Crippen LogP contribution is -2.50. The third-order valence-electron chi connectivity index (χ3n) is 20.0. The van der Waals surface area contributed by atoms with Gasteiger partial charge in [0.15, 0.2) is 23.6 Å². The molecule has 1 saturated carbocycles. The summed E-state index contributed by atoms with van der Waals surface area (Å²) in [4.78, 5) is 115. The van der Waals surface area contributed by atoms with E-state index in [0.29, 0.717) is 68.6 Å². The van der Waals surface area contributed by atoms with Crippen molar-refractivity contribution < 1.29 is 128 Å². The van der Waals surface area contributed by atoms with E-state index in [1.165, 1.54) is 17.7 Å². The molecule has 3 unspecified atom stereocenters. The van der Waals surface area contributed by atoms with Crippen molar-refractivity contribution in [3.63, 3.8) is 0 Å². The SMILES string of the molecule is CC(C(=O)O)c1ccc2oc(-c3ccc(F)cc3)nc2c1.CC(C(=O)O)c1cccc(Oc2ccccc2)c1.CC(C)Cc1ccc(C(C)C(=O)O)cc1.CCNCC#CCOC(=O)[C@@](O)(c1ccccc1)C1CCCCC1.C[C@H](C(=O)O)c1cccc(C(=O)c2ccccc2)c1.NC(CO)(CO)CO.O=C(O)CC(CCC(CC(=O)O)CC(=O)O)CC(=O)O. The minimum absolute atomic E-state index is 0.00604. The summed E-state index contributed by atoms with van der Waals surface area (Å²) in [5, 5.41) is 110. The number of para-hydroxylation sites is 1. The number of nitrogens with zero attached hydrogens (tertiary/aromatic N) is 1. The van der Waals surface area contributed by atoms with Crippen LogP contribution < -0.4 is 15.8 Å². The number of carboxylic acid groups (broad SMARTS) is 8. The summed E-state index contributed by atoms with van der Waals surface area (Å²) in [6.45, 7) is 13.2. The molecule has 15 N–H and O–H groups in total. The van der Waals surface area contributed by atoms with Gasteiger partial charge in [0.25, 0.3) is 0 Å². The Morgan fingerprint density at radius 3 is 1.42 bits per heavy atom. The van der Waals surface area contributed by atoms with Gasteiger partial charge in [-0.15, -0.1) is 0 Å². The fourth-order valence-electron chi connectivity index (χ4n) is 12.5. The molecule has 670 valence electrons. The lowest BCUT2D eigenvalue weighted by Gasteiger charge is -2.36. The second-order valence-electron chi connectivity index (χ2n) is 30.4. The minimum Gasteiger partial charge on any atom is -0.481 e. The average Bonchev–Trinajstić information content (AvgIpc) is 1.25. The Balaban J connectivity index is 0.000000310. The number of rotatable bonds is 35. The average molecular weight is 1730 g/mol. The number of nitrogens with two attached hydrogens (primary N) is 1. The summed E-state index contributed by atoms with van der Waals surface area (Å²) in [6.07, 6.45) is 4.96. The van der Waals surface area contributed by atoms with Gasteiger partial charge in [0, 0.05) is 48.3 Å². The topological polar surface area (TPSA) is 496 Å². The molecule has 1 fully saturated rings. The summed E-state index contributed by atoms with van der Waals surface area (Å²) < 4.78 is 29.5. The lowest BCUT2D eigenvalue weighted by atomic mass is 9.73. The van der Waals surface area contributed by atoms with Crippen LogP contribution in [-0.2, 0) is 59.9 Å². The van der Waals surface area contributed by atoms with Gasteiger partial charge in [0.2, 0.25) is 5.89 Å². The van der Waals surface area contributed by atoms with E-state index in [-0.39, 0.29) is 62.7 Å². The zero-order valence-corrected chi connectivity index (χ0v) is 71.1. The number of ether oxygens (including phenoxy) is 2. The van der Waals surface area contributed by atoms with Crippen LogP contribution in [0.1, 0.15) is 192 Å². The zero-order valence-electron chi connectivity index (χ0n) is 71.1. The number of oxazole rings is 1. The maximum Gasteiger partial charge on any atom is 0.344 e. The first-order chi connectivity index (χ1) is 59.4. The molecule has 0 amide bonds. The van der Waals surface area contributed by atoms with Gasteiger partial charge in [-0.2, -0.15) is 0 Å². The maximum atomic E-state index is 12.9. The Hall–Kier alpha value is -12.8. The number of aliphatic carboxylic acids is 8. The van der Waals surface area contributed by atoms with E-state index in [1.807, 2.05) is 91.9 Å². The summed E-state index contributed by atoms with van der Waals surface area (Å²) in [7, 11) is 0. The molecule has 0 saturated heterocycles. The van der Waals surface area contributed by atoms with Crippen LogP contribution in [0.3, 0.4) is 0 Å². The number of nitrogens with one attached hydrogen (secondary N) is 1. The second-order valence-corrected chi connectivity index (χ2v) is 30.4. The number of carbonyl (C=O) groups is 10. The van der Waals surface area contributed by atoms with E-state index in [1.54, 1.807) is 137 Å². The number of ketones is 1. The van der Waals surface area contributed by atoms with Crippen LogP contribution in [-0.4, -0.2) is 171 Å². The monoisotopic (exact) mass is 1730 g/mol. The Labute approximate surface area is 725 Å². The van der Waals surface area contributed by atoms with Crippen LogP contribution in [0.15, 0.2) is 211 Å². The normalized spacial score (nSPS) is 13.0. The molecule has 1 aliphatic carbocycles. The summed E-state index contributed by atoms with van der Waals surface area (Å²) >= 11 is 0. The van der Waals surface area contributed by atoms with Gasteiger partial charge in [-0.25, -0.2) is 14.2 Å². The molecule has 8 aromatic carbocycles. The Kier molecular flexibility index (Phi) is 45.7. The number of hydrogen-bond donors (Lipinski definition) is 14. The molecule has 125 heavy (non-hydrogen) atoms. The number of benzene rings is 8. The van der Waals surface area contributed by atoms with Crippen molar-refractivity contribution in [2.75, 3.05) is 39.5 Å². The molecule has 1 aliphatic rings.